The Hall–Kier alpha value is -1.97. The molecular weight excluding hydrogens is 240 g/mol. The highest BCUT2D eigenvalue weighted by Gasteiger charge is 2.14. The lowest BCUT2D eigenvalue weighted by Gasteiger charge is -2.19. The van der Waals surface area contributed by atoms with Gasteiger partial charge in [-0.25, -0.2) is 4.98 Å². The number of benzene rings is 1. The van der Waals surface area contributed by atoms with E-state index in [1.807, 2.05) is 24.4 Å². The molecule has 0 unspecified atom stereocenters. The Morgan fingerprint density at radius 3 is 2.79 bits per heavy atom. The standard InChI is InChI=1S/C15H18N2O2/c1-2-3-5-16-15-12-10-14-13(18-7-8-19-14)9-11(12)4-6-17-15/h4,6,9-10H,2-3,5,7-8H2,1H3,(H,16,17). The van der Waals surface area contributed by atoms with Crippen molar-refractivity contribution in [2.75, 3.05) is 25.1 Å². The minimum atomic E-state index is 0.608. The topological polar surface area (TPSA) is 43.4 Å². The Balaban J connectivity index is 1.98. The zero-order chi connectivity index (χ0) is 13.1. The van der Waals surface area contributed by atoms with Gasteiger partial charge in [-0.1, -0.05) is 13.3 Å². The summed E-state index contributed by atoms with van der Waals surface area (Å²) in [4.78, 5) is 4.42. The van der Waals surface area contributed by atoms with E-state index in [-0.39, 0.29) is 0 Å². The molecule has 0 fully saturated rings. The van der Waals surface area contributed by atoms with Gasteiger partial charge < -0.3 is 14.8 Å². The molecule has 0 spiro atoms. The number of hydrogen-bond acceptors (Lipinski definition) is 4. The van der Waals surface area contributed by atoms with Gasteiger partial charge in [0.15, 0.2) is 11.5 Å². The van der Waals surface area contributed by atoms with Crippen molar-refractivity contribution in [2.45, 2.75) is 19.8 Å². The molecule has 0 aliphatic carbocycles. The van der Waals surface area contributed by atoms with Crippen LogP contribution < -0.4 is 14.8 Å². The summed E-state index contributed by atoms with van der Waals surface area (Å²) in [7, 11) is 0. The second-order valence-electron chi connectivity index (χ2n) is 4.66. The molecule has 0 saturated carbocycles. The Labute approximate surface area is 112 Å². The first kappa shape index (κ1) is 12.1. The summed E-state index contributed by atoms with van der Waals surface area (Å²) >= 11 is 0. The highest BCUT2D eigenvalue weighted by atomic mass is 16.6. The number of hydrogen-bond donors (Lipinski definition) is 1. The maximum absolute atomic E-state index is 5.63. The first-order valence-corrected chi connectivity index (χ1v) is 6.80. The molecule has 0 radical (unpaired) electrons. The van der Waals surface area contributed by atoms with Crippen molar-refractivity contribution < 1.29 is 9.47 Å². The minimum Gasteiger partial charge on any atom is -0.486 e. The summed E-state index contributed by atoms with van der Waals surface area (Å²) in [5, 5.41) is 5.60. The van der Waals surface area contributed by atoms with Crippen molar-refractivity contribution in [1.29, 1.82) is 0 Å². The van der Waals surface area contributed by atoms with Crippen LogP contribution in [-0.2, 0) is 0 Å². The maximum Gasteiger partial charge on any atom is 0.162 e. The molecule has 1 aromatic heterocycles. The minimum absolute atomic E-state index is 0.608. The molecule has 0 saturated heterocycles. The van der Waals surface area contributed by atoms with E-state index in [1.54, 1.807) is 0 Å². The summed E-state index contributed by atoms with van der Waals surface area (Å²) in [6.45, 7) is 4.35. The Morgan fingerprint density at radius 2 is 2.00 bits per heavy atom. The van der Waals surface area contributed by atoms with Crippen LogP contribution in [0.5, 0.6) is 11.5 Å². The number of fused-ring (bicyclic) bond motifs is 2. The summed E-state index contributed by atoms with van der Waals surface area (Å²) in [5.41, 5.74) is 0. The zero-order valence-electron chi connectivity index (χ0n) is 11.1. The smallest absolute Gasteiger partial charge is 0.162 e. The zero-order valence-corrected chi connectivity index (χ0v) is 11.1. The van der Waals surface area contributed by atoms with Gasteiger partial charge in [-0.15, -0.1) is 0 Å². The lowest BCUT2D eigenvalue weighted by molar-refractivity contribution is 0.172. The van der Waals surface area contributed by atoms with Gasteiger partial charge in [0.1, 0.15) is 19.0 Å². The molecule has 4 heteroatoms. The Morgan fingerprint density at radius 1 is 1.21 bits per heavy atom. The number of ether oxygens (including phenoxy) is 2. The van der Waals surface area contributed by atoms with Crippen LogP contribution in [0.15, 0.2) is 24.4 Å². The van der Waals surface area contributed by atoms with E-state index in [9.17, 15) is 0 Å². The third-order valence-electron chi connectivity index (χ3n) is 3.25. The predicted molar refractivity (Wildman–Crippen MR) is 76.1 cm³/mol. The second-order valence-corrected chi connectivity index (χ2v) is 4.66. The molecule has 1 aromatic carbocycles. The predicted octanol–water partition coefficient (Wildman–Crippen LogP) is 3.22. The maximum atomic E-state index is 5.63. The molecule has 0 atom stereocenters. The number of rotatable bonds is 4. The van der Waals surface area contributed by atoms with Crippen molar-refractivity contribution in [2.24, 2.45) is 0 Å². The molecule has 4 nitrogen and oxygen atoms in total. The second kappa shape index (κ2) is 5.34. The van der Waals surface area contributed by atoms with Crippen LogP contribution in [-0.4, -0.2) is 24.7 Å². The van der Waals surface area contributed by atoms with E-state index in [0.717, 1.165) is 41.1 Å². The van der Waals surface area contributed by atoms with Gasteiger partial charge >= 0.3 is 0 Å². The van der Waals surface area contributed by atoms with Crippen LogP contribution in [0.4, 0.5) is 5.82 Å². The molecule has 1 N–H and O–H groups in total. The number of unbranched alkanes of at least 4 members (excludes halogenated alkanes) is 1. The first-order valence-electron chi connectivity index (χ1n) is 6.80. The van der Waals surface area contributed by atoms with Crippen LogP contribution in [0.1, 0.15) is 19.8 Å². The monoisotopic (exact) mass is 258 g/mol. The average molecular weight is 258 g/mol. The fourth-order valence-electron chi connectivity index (χ4n) is 2.23. The van der Waals surface area contributed by atoms with Gasteiger partial charge in [-0.05, 0) is 30.0 Å². The third kappa shape index (κ3) is 2.43. The fourth-order valence-corrected chi connectivity index (χ4v) is 2.23. The normalized spacial score (nSPS) is 13.5. The van der Waals surface area contributed by atoms with Gasteiger partial charge in [0.05, 0.1) is 0 Å². The molecule has 1 aliphatic rings. The van der Waals surface area contributed by atoms with Crippen LogP contribution >= 0.6 is 0 Å². The summed E-state index contributed by atoms with van der Waals surface area (Å²) in [5.74, 6) is 2.55. The van der Waals surface area contributed by atoms with Crippen LogP contribution in [0.2, 0.25) is 0 Å². The van der Waals surface area contributed by atoms with Gasteiger partial charge in [0, 0.05) is 18.1 Å². The summed E-state index contributed by atoms with van der Waals surface area (Å²) in [6.07, 6.45) is 4.14. The number of nitrogens with zero attached hydrogens (tertiary/aromatic N) is 1. The number of anilines is 1. The fraction of sp³-hybridized carbons (Fsp3) is 0.400. The van der Waals surface area contributed by atoms with Crippen molar-refractivity contribution in [1.82, 2.24) is 4.98 Å². The van der Waals surface area contributed by atoms with Crippen LogP contribution in [0.3, 0.4) is 0 Å². The molecule has 1 aliphatic heterocycles. The average Bonchev–Trinajstić information content (AvgIpc) is 2.46. The van der Waals surface area contributed by atoms with E-state index >= 15 is 0 Å². The largest absolute Gasteiger partial charge is 0.486 e. The molecule has 2 heterocycles. The van der Waals surface area contributed by atoms with Crippen molar-refractivity contribution in [3.8, 4) is 11.5 Å². The van der Waals surface area contributed by atoms with E-state index in [2.05, 4.69) is 17.2 Å². The van der Waals surface area contributed by atoms with Gasteiger partial charge in [0.2, 0.25) is 0 Å². The molecule has 100 valence electrons. The SMILES string of the molecule is CCCCNc1nccc2cc3c(cc12)OCCO3. The number of pyridine rings is 1. The van der Waals surface area contributed by atoms with Gasteiger partial charge in [-0.2, -0.15) is 0 Å². The van der Waals surface area contributed by atoms with Crippen molar-refractivity contribution in [3.05, 3.63) is 24.4 Å². The van der Waals surface area contributed by atoms with E-state index in [4.69, 9.17) is 9.47 Å². The van der Waals surface area contributed by atoms with E-state index in [1.165, 1.54) is 6.42 Å². The number of aromatic nitrogens is 1. The van der Waals surface area contributed by atoms with Crippen molar-refractivity contribution in [3.63, 3.8) is 0 Å². The van der Waals surface area contributed by atoms with Crippen LogP contribution in [0, 0.1) is 0 Å². The highest BCUT2D eigenvalue weighted by Crippen LogP contribution is 2.36. The highest BCUT2D eigenvalue weighted by molar-refractivity contribution is 5.94. The summed E-state index contributed by atoms with van der Waals surface area (Å²) < 4.78 is 11.2. The Bertz CT molecular complexity index is 584. The van der Waals surface area contributed by atoms with E-state index in [0.29, 0.717) is 13.2 Å². The number of nitrogens with one attached hydrogen (secondary N) is 1. The molecule has 2 aromatic rings. The molecule has 3 rings (SSSR count). The molecule has 0 amide bonds. The molecule has 0 bridgehead atoms. The van der Waals surface area contributed by atoms with Gasteiger partial charge in [0.25, 0.3) is 0 Å². The summed E-state index contributed by atoms with van der Waals surface area (Å²) in [6, 6.07) is 6.04. The van der Waals surface area contributed by atoms with E-state index < -0.39 is 0 Å². The lowest BCUT2D eigenvalue weighted by Crippen LogP contribution is -2.15. The molecular formula is C15H18N2O2. The quantitative estimate of drug-likeness (QED) is 0.855. The Kier molecular flexibility index (Phi) is 3.40. The first-order chi connectivity index (χ1) is 9.38. The van der Waals surface area contributed by atoms with Gasteiger partial charge in [-0.3, -0.25) is 0 Å². The molecule has 19 heavy (non-hydrogen) atoms. The third-order valence-corrected chi connectivity index (χ3v) is 3.25. The van der Waals surface area contributed by atoms with Crippen LogP contribution in [0.25, 0.3) is 10.8 Å². The lowest BCUT2D eigenvalue weighted by atomic mass is 10.1. The van der Waals surface area contributed by atoms with Crippen molar-refractivity contribution >= 4 is 16.6 Å².